The average Bonchev–Trinajstić information content (AvgIpc) is 2.38. The molecule has 2 rings (SSSR count). The van der Waals surface area contributed by atoms with Gasteiger partial charge in [-0.15, -0.1) is 0 Å². The predicted octanol–water partition coefficient (Wildman–Crippen LogP) is -0.284. The minimum atomic E-state index is -0.364. The lowest BCUT2D eigenvalue weighted by molar-refractivity contribution is -0.708. The largest absolute Gasteiger partial charge is 1.00 e. The molecule has 0 radical (unpaired) electrons. The summed E-state index contributed by atoms with van der Waals surface area (Å²) < 4.78 is 2.03. The molecule has 0 fully saturated rings. The second-order valence-corrected chi connectivity index (χ2v) is 4.86. The molecule has 0 amide bonds. The summed E-state index contributed by atoms with van der Waals surface area (Å²) in [4.78, 5) is 10.3. The van der Waals surface area contributed by atoms with Gasteiger partial charge in [0.1, 0.15) is 7.05 Å². The lowest BCUT2D eigenvalue weighted by Crippen LogP contribution is -3.00. The van der Waals surface area contributed by atoms with Crippen LogP contribution in [0.5, 0.6) is 0 Å². The van der Waals surface area contributed by atoms with Crippen molar-refractivity contribution < 1.29 is 21.9 Å². The molecule has 0 saturated carbocycles. The van der Waals surface area contributed by atoms with Crippen LogP contribution in [0.3, 0.4) is 0 Å². The molecule has 0 spiro atoms. The Morgan fingerprint density at radius 3 is 2.74 bits per heavy atom. The van der Waals surface area contributed by atoms with E-state index in [0.29, 0.717) is 0 Å². The van der Waals surface area contributed by atoms with Crippen LogP contribution in [0.1, 0.15) is 5.56 Å². The maximum atomic E-state index is 10.7. The van der Waals surface area contributed by atoms with Gasteiger partial charge >= 0.3 is 0 Å². The number of hydrogen-bond acceptors (Lipinski definition) is 3. The van der Waals surface area contributed by atoms with Gasteiger partial charge in [0.05, 0.1) is 4.92 Å². The van der Waals surface area contributed by atoms with E-state index in [1.807, 2.05) is 42.1 Å². The maximum absolute atomic E-state index is 10.7. The second kappa shape index (κ2) is 7.11. The molecule has 4 nitrogen and oxygen atoms in total. The Hall–Kier alpha value is -1.59. The van der Waals surface area contributed by atoms with E-state index in [1.165, 1.54) is 6.07 Å². The van der Waals surface area contributed by atoms with E-state index in [1.54, 1.807) is 23.9 Å². The van der Waals surface area contributed by atoms with Gasteiger partial charge in [-0.25, -0.2) is 0 Å². The first-order valence-electron chi connectivity index (χ1n) is 5.47. The number of thioether (sulfide) groups is 1. The number of pyridine rings is 1. The number of rotatable bonds is 4. The molecule has 0 aliphatic heterocycles. The summed E-state index contributed by atoms with van der Waals surface area (Å²) in [6, 6.07) is 12.7. The molecule has 0 atom stereocenters. The normalized spacial score (nSPS) is 9.74. The van der Waals surface area contributed by atoms with Gasteiger partial charge in [0.15, 0.2) is 6.20 Å². The highest BCUT2D eigenvalue weighted by molar-refractivity contribution is 7.98. The van der Waals surface area contributed by atoms with Crippen molar-refractivity contribution in [2.24, 2.45) is 7.05 Å². The van der Waals surface area contributed by atoms with Crippen LogP contribution >= 0.6 is 11.8 Å². The van der Waals surface area contributed by atoms with E-state index < -0.39 is 0 Å². The van der Waals surface area contributed by atoms with Gasteiger partial charge in [-0.05, 0) is 11.6 Å². The molecule has 2 aromatic rings. The number of aromatic nitrogens is 1. The minimum Gasteiger partial charge on any atom is -1.00 e. The Labute approximate surface area is 122 Å². The number of benzene rings is 1. The number of nitrogens with zero attached hydrogens (tertiary/aromatic N) is 2. The van der Waals surface area contributed by atoms with E-state index >= 15 is 0 Å². The van der Waals surface area contributed by atoms with Crippen LogP contribution in [0.2, 0.25) is 0 Å². The van der Waals surface area contributed by atoms with Crippen LogP contribution in [-0.2, 0) is 12.8 Å². The van der Waals surface area contributed by atoms with Crippen molar-refractivity contribution >= 4 is 17.4 Å². The molecular weight excluding hydrogens is 284 g/mol. The van der Waals surface area contributed by atoms with Gasteiger partial charge in [-0.2, -0.15) is 4.57 Å². The summed E-state index contributed by atoms with van der Waals surface area (Å²) in [5.74, 6) is 0.722. The molecule has 1 aromatic heterocycles. The number of nitro benzene ring substituents is 1. The van der Waals surface area contributed by atoms with Crippen molar-refractivity contribution in [3.8, 4) is 0 Å². The monoisotopic (exact) mass is 296 g/mol. The smallest absolute Gasteiger partial charge is 0.269 e. The topological polar surface area (TPSA) is 47.0 Å². The molecule has 19 heavy (non-hydrogen) atoms. The molecule has 0 saturated heterocycles. The Morgan fingerprint density at radius 2 is 2.05 bits per heavy atom. The van der Waals surface area contributed by atoms with Crippen LogP contribution in [0.4, 0.5) is 5.69 Å². The summed E-state index contributed by atoms with van der Waals surface area (Å²) in [6.07, 6.45) is 1.98. The molecule has 0 N–H and O–H groups in total. The Balaban J connectivity index is 0.00000180. The molecule has 0 unspecified atom stereocenters. The Morgan fingerprint density at radius 1 is 1.26 bits per heavy atom. The lowest BCUT2D eigenvalue weighted by Gasteiger charge is -2.00. The zero-order chi connectivity index (χ0) is 13.0. The van der Waals surface area contributed by atoms with Gasteiger partial charge in [0.2, 0.25) is 5.03 Å². The average molecular weight is 297 g/mol. The minimum absolute atomic E-state index is 0. The van der Waals surface area contributed by atoms with Gasteiger partial charge in [0, 0.05) is 30.0 Å². The van der Waals surface area contributed by atoms with Crippen LogP contribution < -0.4 is 17.0 Å². The van der Waals surface area contributed by atoms with E-state index in [2.05, 4.69) is 0 Å². The van der Waals surface area contributed by atoms with Gasteiger partial charge in [-0.1, -0.05) is 23.9 Å². The molecular formula is C13H13ClN2O2S. The zero-order valence-corrected chi connectivity index (χ0v) is 11.9. The number of non-ortho nitro benzene ring substituents is 1. The van der Waals surface area contributed by atoms with E-state index in [0.717, 1.165) is 16.3 Å². The van der Waals surface area contributed by atoms with Gasteiger partial charge in [0.25, 0.3) is 5.69 Å². The Bertz CT molecular complexity index is 578. The number of nitro groups is 1. The summed E-state index contributed by atoms with van der Waals surface area (Å²) in [5.41, 5.74) is 1.10. The molecule has 100 valence electrons. The van der Waals surface area contributed by atoms with Crippen molar-refractivity contribution in [2.45, 2.75) is 10.8 Å². The third kappa shape index (κ3) is 4.22. The molecule has 0 aliphatic carbocycles. The first-order valence-corrected chi connectivity index (χ1v) is 6.46. The molecule has 1 aromatic carbocycles. The van der Waals surface area contributed by atoms with Crippen molar-refractivity contribution in [3.63, 3.8) is 0 Å². The fraction of sp³-hybridized carbons (Fsp3) is 0.154. The summed E-state index contributed by atoms with van der Waals surface area (Å²) >= 11 is 1.66. The van der Waals surface area contributed by atoms with Crippen molar-refractivity contribution in [3.05, 3.63) is 64.3 Å². The molecule has 1 heterocycles. The van der Waals surface area contributed by atoms with Crippen molar-refractivity contribution in [1.82, 2.24) is 0 Å². The van der Waals surface area contributed by atoms with E-state index in [-0.39, 0.29) is 23.0 Å². The zero-order valence-electron chi connectivity index (χ0n) is 10.3. The van der Waals surface area contributed by atoms with Crippen LogP contribution in [0, 0.1) is 10.1 Å². The second-order valence-electron chi connectivity index (χ2n) is 3.87. The summed E-state index contributed by atoms with van der Waals surface area (Å²) in [5, 5.41) is 11.8. The maximum Gasteiger partial charge on any atom is 0.269 e. The van der Waals surface area contributed by atoms with Crippen LogP contribution in [0.25, 0.3) is 0 Å². The number of hydrogen-bond donors (Lipinski definition) is 0. The highest BCUT2D eigenvalue weighted by Crippen LogP contribution is 2.21. The molecule has 0 aliphatic rings. The van der Waals surface area contributed by atoms with Gasteiger partial charge in [-0.3, -0.25) is 10.1 Å². The van der Waals surface area contributed by atoms with Crippen molar-refractivity contribution in [1.29, 1.82) is 0 Å². The summed E-state index contributed by atoms with van der Waals surface area (Å²) in [6.45, 7) is 0. The van der Waals surface area contributed by atoms with Crippen molar-refractivity contribution in [2.75, 3.05) is 0 Å². The molecule has 6 heteroatoms. The molecule has 0 bridgehead atoms. The number of halogens is 1. The van der Waals surface area contributed by atoms with Gasteiger partial charge < -0.3 is 12.4 Å². The lowest BCUT2D eigenvalue weighted by atomic mass is 10.2. The highest BCUT2D eigenvalue weighted by Gasteiger charge is 2.09. The third-order valence-electron chi connectivity index (χ3n) is 2.52. The predicted molar refractivity (Wildman–Crippen MR) is 70.3 cm³/mol. The quantitative estimate of drug-likeness (QED) is 0.337. The first kappa shape index (κ1) is 15.5. The van der Waals surface area contributed by atoms with Crippen LogP contribution in [0.15, 0.2) is 53.7 Å². The standard InChI is InChI=1S/C13H13N2O2S.ClH/c1-14-8-3-2-7-13(14)18-10-11-5-4-6-12(9-11)15(16)17;/h2-9H,10H2,1H3;1H/q+1;/p-1. The SMILES string of the molecule is C[n+]1ccccc1SCc1cccc([N+](=O)[O-])c1.[Cl-]. The third-order valence-corrected chi connectivity index (χ3v) is 3.71. The summed E-state index contributed by atoms with van der Waals surface area (Å²) in [7, 11) is 1.98. The number of aryl methyl sites for hydroxylation is 1. The van der Waals surface area contributed by atoms with E-state index in [9.17, 15) is 10.1 Å². The first-order chi connectivity index (χ1) is 8.66. The van der Waals surface area contributed by atoms with E-state index in [4.69, 9.17) is 0 Å². The fourth-order valence-electron chi connectivity index (χ4n) is 1.57. The highest BCUT2D eigenvalue weighted by atomic mass is 35.5. The fourth-order valence-corrected chi connectivity index (χ4v) is 2.51. The Kier molecular flexibility index (Phi) is 5.79. The van der Waals surface area contributed by atoms with Crippen LogP contribution in [-0.4, -0.2) is 4.92 Å².